The SMILES string of the molecule is NCCCC[C@@H]1NC(=O)CCSCc2cccc(c2)CSC[C@@H](C(N)=O)NC(=O)[C@@H]2CCCN2C(=O)[C@H](Cc2c[nH]c3ncccc23)NC(=O)[C@H](Cc2c[nH]cn2)NC(=O)[C@H](CC(=O)O)NC(=O)[C@H](Cc2c[nH]c3ccc(F)cc23)NC(=O)[C@H](Cc2c[nH]c3ccc(F)cc23)NC(=O)CNC1=O. The summed E-state index contributed by atoms with van der Waals surface area (Å²) in [5.41, 5.74) is 16.1. The zero-order chi connectivity index (χ0) is 72.4. The van der Waals surface area contributed by atoms with Crippen LogP contribution in [0.5, 0.6) is 0 Å². The van der Waals surface area contributed by atoms with Gasteiger partial charge in [-0.05, 0) is 115 Å². The molecule has 0 aliphatic carbocycles. The Balaban J connectivity index is 0.982. The summed E-state index contributed by atoms with van der Waals surface area (Å²) in [7, 11) is 0. The summed E-state index contributed by atoms with van der Waals surface area (Å²) in [4.78, 5) is 179. The molecule has 1 fully saturated rings. The number of amides is 10. The van der Waals surface area contributed by atoms with Gasteiger partial charge in [-0.2, -0.15) is 23.5 Å². The Bertz CT molecular complexity index is 4380. The normalized spacial score (nSPS) is 22.0. The number of nitrogens with two attached hydrogens (primary N) is 2. The quantitative estimate of drug-likeness (QED) is 0.0652. The molecule has 2 aliphatic heterocycles. The molecule has 10 rings (SSSR count). The minimum Gasteiger partial charge on any atom is -0.481 e. The van der Waals surface area contributed by atoms with Gasteiger partial charge in [0.2, 0.25) is 59.1 Å². The number of carbonyl (C=O) groups is 11. The smallest absolute Gasteiger partial charge is 0.305 e. The molecule has 5 aromatic heterocycles. The van der Waals surface area contributed by atoms with Gasteiger partial charge in [0.05, 0.1) is 25.0 Å². The second kappa shape index (κ2) is 35.1. The van der Waals surface area contributed by atoms with Crippen molar-refractivity contribution in [1.29, 1.82) is 0 Å². The largest absolute Gasteiger partial charge is 0.481 e. The van der Waals surface area contributed by atoms with Crippen LogP contribution in [-0.4, -0.2) is 184 Å². The van der Waals surface area contributed by atoms with E-state index < -0.39 is 144 Å². The van der Waals surface area contributed by atoms with Crippen LogP contribution in [-0.2, 0) is 89.9 Å². The molecule has 102 heavy (non-hydrogen) atoms. The fourth-order valence-corrected chi connectivity index (χ4v) is 14.3. The Morgan fingerprint density at radius 2 is 1.20 bits per heavy atom. The Hall–Kier alpha value is -10.7. The number of aromatic nitrogens is 6. The highest BCUT2D eigenvalue weighted by molar-refractivity contribution is 7.98. The topological polar surface area (TPSA) is 448 Å². The van der Waals surface area contributed by atoms with Gasteiger partial charge in [0, 0.05) is 120 Å². The van der Waals surface area contributed by atoms with E-state index in [1.807, 2.05) is 24.3 Å². The Kier molecular flexibility index (Phi) is 25.5. The third kappa shape index (κ3) is 19.9. The maximum atomic E-state index is 15.2. The molecule has 29 nitrogen and oxygen atoms in total. The molecule has 2 aliphatic rings. The molecule has 0 unspecified atom stereocenters. The van der Waals surface area contributed by atoms with Crippen molar-refractivity contribution in [2.24, 2.45) is 11.5 Å². The molecule has 8 atom stereocenters. The number of nitrogens with one attached hydrogen (secondary N) is 12. The highest BCUT2D eigenvalue weighted by Gasteiger charge is 2.41. The van der Waals surface area contributed by atoms with Crippen molar-refractivity contribution in [2.75, 3.05) is 31.1 Å². The fraction of sp³-hybridized carbons (Fsp3) is 0.377. The van der Waals surface area contributed by atoms with Crippen molar-refractivity contribution in [3.8, 4) is 0 Å². The zero-order valence-corrected chi connectivity index (χ0v) is 56.9. The van der Waals surface area contributed by atoms with Crippen LogP contribution in [0.1, 0.15) is 78.5 Å². The summed E-state index contributed by atoms with van der Waals surface area (Å²) in [6, 6.07) is 6.66. The number of hydrogen-bond acceptors (Lipinski definition) is 16. The number of thioether (sulfide) groups is 2. The first-order chi connectivity index (χ1) is 49.2. The van der Waals surface area contributed by atoms with Crippen molar-refractivity contribution in [3.05, 3.63) is 155 Å². The van der Waals surface area contributed by atoms with Crippen LogP contribution >= 0.6 is 23.5 Å². The summed E-state index contributed by atoms with van der Waals surface area (Å²) >= 11 is 2.80. The molecule has 3 aromatic carbocycles. The summed E-state index contributed by atoms with van der Waals surface area (Å²) < 4.78 is 29.9. The van der Waals surface area contributed by atoms with E-state index in [1.165, 1.54) is 89.7 Å². The number of imidazole rings is 1. The van der Waals surface area contributed by atoms with Gasteiger partial charge in [0.15, 0.2) is 0 Å². The van der Waals surface area contributed by atoms with E-state index in [9.17, 15) is 47.4 Å². The molecule has 10 amide bonds. The van der Waals surface area contributed by atoms with Gasteiger partial charge >= 0.3 is 5.97 Å². The van der Waals surface area contributed by atoms with Crippen molar-refractivity contribution < 1.29 is 66.6 Å². The molecule has 1 saturated heterocycles. The molecule has 7 heterocycles. The summed E-state index contributed by atoms with van der Waals surface area (Å²) in [6.07, 6.45) is 7.85. The molecule has 538 valence electrons. The number of primary amides is 1. The van der Waals surface area contributed by atoms with Gasteiger partial charge in [0.1, 0.15) is 65.6 Å². The first-order valence-corrected chi connectivity index (χ1v) is 35.5. The second-order valence-corrected chi connectivity index (χ2v) is 27.1. The van der Waals surface area contributed by atoms with Crippen molar-refractivity contribution in [1.82, 2.24) is 77.3 Å². The predicted octanol–water partition coefficient (Wildman–Crippen LogP) is 1.96. The van der Waals surface area contributed by atoms with Crippen LogP contribution in [0, 0.1) is 11.6 Å². The number of aromatic amines is 4. The number of nitrogens with zero attached hydrogens (tertiary/aromatic N) is 3. The number of unbranched alkanes of at least 4 members (excludes halogenated alkanes) is 1. The van der Waals surface area contributed by atoms with Gasteiger partial charge in [-0.1, -0.05) is 24.3 Å². The van der Waals surface area contributed by atoms with Gasteiger partial charge in [-0.3, -0.25) is 52.7 Å². The molecule has 17 N–H and O–H groups in total. The number of pyridine rings is 1. The number of H-pyrrole nitrogens is 4. The molecule has 2 bridgehead atoms. The van der Waals surface area contributed by atoms with E-state index in [2.05, 4.69) is 72.4 Å². The number of rotatable bonds is 15. The average molecular weight is 1440 g/mol. The van der Waals surface area contributed by atoms with Crippen LogP contribution in [0.25, 0.3) is 32.8 Å². The van der Waals surface area contributed by atoms with Crippen molar-refractivity contribution in [2.45, 2.75) is 130 Å². The first kappa shape index (κ1) is 74.0. The Labute approximate surface area is 590 Å². The minimum absolute atomic E-state index is 0.0135. The summed E-state index contributed by atoms with van der Waals surface area (Å²) in [5.74, 6) is -10.4. The Morgan fingerprint density at radius 1 is 0.598 bits per heavy atom. The average Bonchev–Trinajstić information content (AvgIpc) is 1.64. The van der Waals surface area contributed by atoms with E-state index in [1.54, 1.807) is 24.5 Å². The lowest BCUT2D eigenvalue weighted by Crippen LogP contribution is -2.61. The van der Waals surface area contributed by atoms with Gasteiger partial charge in [-0.25, -0.2) is 18.7 Å². The molecular formula is C69H79F2N17O12S2. The number of carboxylic acids is 1. The first-order valence-electron chi connectivity index (χ1n) is 33.2. The lowest BCUT2D eigenvalue weighted by molar-refractivity contribution is -0.143. The van der Waals surface area contributed by atoms with E-state index in [-0.39, 0.29) is 67.5 Å². The van der Waals surface area contributed by atoms with Crippen LogP contribution in [0.4, 0.5) is 8.78 Å². The van der Waals surface area contributed by atoms with Crippen molar-refractivity contribution in [3.63, 3.8) is 0 Å². The number of carbonyl (C=O) groups excluding carboxylic acids is 10. The van der Waals surface area contributed by atoms with E-state index in [4.69, 9.17) is 11.5 Å². The highest BCUT2D eigenvalue weighted by atomic mass is 32.2. The van der Waals surface area contributed by atoms with Gasteiger partial charge < -0.3 is 83.9 Å². The molecule has 8 aromatic rings. The minimum atomic E-state index is -2.04. The predicted molar refractivity (Wildman–Crippen MR) is 375 cm³/mol. The number of halogens is 2. The molecule has 33 heteroatoms. The van der Waals surface area contributed by atoms with Crippen LogP contribution in [0.15, 0.2) is 110 Å². The summed E-state index contributed by atoms with van der Waals surface area (Å²) in [5, 5.41) is 32.6. The maximum absolute atomic E-state index is 15.2. The molecule has 0 radical (unpaired) electrons. The second-order valence-electron chi connectivity index (χ2n) is 25.0. The fourth-order valence-electron chi connectivity index (χ4n) is 12.4. The van der Waals surface area contributed by atoms with E-state index in [0.29, 0.717) is 81.6 Å². The zero-order valence-electron chi connectivity index (χ0n) is 55.2. The molecular weight excluding hydrogens is 1360 g/mol. The van der Waals surface area contributed by atoms with Crippen LogP contribution in [0.3, 0.4) is 0 Å². The van der Waals surface area contributed by atoms with Crippen molar-refractivity contribution >= 4 is 121 Å². The van der Waals surface area contributed by atoms with Crippen LogP contribution < -0.4 is 54.0 Å². The monoisotopic (exact) mass is 1440 g/mol. The van der Waals surface area contributed by atoms with Gasteiger partial charge in [-0.15, -0.1) is 0 Å². The lowest BCUT2D eigenvalue weighted by atomic mass is 10.0. The molecule has 0 saturated carbocycles. The number of aliphatic carboxylic acids is 1. The standard InChI is InChI=1S/C69H79F2N17O12S2/c70-42-11-13-48-46(24-42)40(28-76-48)21-51-64(95)83-52(22-41-29-77-49-14-12-43(71)25-47(41)49)65(96)85-54(27-60(91)92)67(98)84-53(26-44-31-74-36-80-44)66(97)86-55(23-39-30-78-62-45(39)8-4-17-75-62)69(100)88-18-5-10-57(88)68(99)87-56(61(73)93)35-102-34-38-7-3-6-37(20-38)33-101-19-15-58(89)81-50(9-1-2-16-72)63(94)79-32-59(90)82-51/h3-4,6-8,11-14,17,20,24-25,28-31,36,50-57,76-77H,1-2,5,9-10,15-16,18-19,21-23,26-27,32-35,72H2,(H2,73,93)(H,74,80)(H,75,78)(H,79,94)(H,81,89)(H,82,90)(H,83,95)(H,84,98)(H,85,96)(H,86,97)(H,87,99)(H,91,92)/t50-,51-,52-,53-,54-,55-,56-,57-/m0/s1. The number of fused-ring (bicyclic) bond motifs is 6. The number of benzene rings is 3. The molecule has 0 spiro atoms. The summed E-state index contributed by atoms with van der Waals surface area (Å²) in [6.45, 7) is -0.391. The Morgan fingerprint density at radius 3 is 1.84 bits per heavy atom. The maximum Gasteiger partial charge on any atom is 0.305 e. The van der Waals surface area contributed by atoms with Crippen LogP contribution in [0.2, 0.25) is 0 Å². The number of hydrogen-bond donors (Lipinski definition) is 15. The van der Waals surface area contributed by atoms with E-state index >= 15 is 19.2 Å². The van der Waals surface area contributed by atoms with Gasteiger partial charge in [0.25, 0.3) is 0 Å². The number of carboxylic acid groups (broad SMARTS) is 1. The third-order valence-corrected chi connectivity index (χ3v) is 19.7. The lowest BCUT2D eigenvalue weighted by Gasteiger charge is -2.31. The third-order valence-electron chi connectivity index (χ3n) is 17.6. The van der Waals surface area contributed by atoms with E-state index in [0.717, 1.165) is 11.1 Å². The highest BCUT2D eigenvalue weighted by Crippen LogP contribution is 2.27.